The van der Waals surface area contributed by atoms with Crippen molar-refractivity contribution in [1.82, 2.24) is 10.6 Å². The minimum Gasteiger partial charge on any atom is -0.466 e. The number of nitrogens with one attached hydrogen (secondary N) is 2. The Morgan fingerprint density at radius 3 is 2.36 bits per heavy atom. The molecule has 0 saturated carbocycles. The standard InChI is InChI=1S/C15H23N3O7/c1-3-24-11(20)7-8(15(23)25-4-2)12(13(16)21)18-14(22)9-5-6-10(19)17-9/h8-9,12H,3-7H2,1-2H3,(H2,16,21)(H,17,19)(H,18,22)/t8-,9+,12-/m1/s1. The molecule has 0 aromatic rings. The minimum atomic E-state index is -1.46. The molecule has 0 unspecified atom stereocenters. The van der Waals surface area contributed by atoms with Crippen LogP contribution in [0.15, 0.2) is 0 Å². The van der Waals surface area contributed by atoms with Crippen LogP contribution in [0.25, 0.3) is 0 Å². The molecule has 140 valence electrons. The number of carbonyl (C=O) groups excluding carboxylic acids is 5. The Kier molecular flexibility index (Phi) is 7.83. The van der Waals surface area contributed by atoms with Crippen molar-refractivity contribution in [3.05, 3.63) is 0 Å². The van der Waals surface area contributed by atoms with Gasteiger partial charge in [0.1, 0.15) is 12.1 Å². The number of ether oxygens (including phenoxy) is 2. The Morgan fingerprint density at radius 2 is 1.88 bits per heavy atom. The zero-order valence-electron chi connectivity index (χ0n) is 14.2. The quantitative estimate of drug-likeness (QED) is 0.418. The van der Waals surface area contributed by atoms with E-state index in [0.29, 0.717) is 0 Å². The van der Waals surface area contributed by atoms with Gasteiger partial charge in [0.2, 0.25) is 17.7 Å². The van der Waals surface area contributed by atoms with Crippen LogP contribution in [0.5, 0.6) is 0 Å². The fourth-order valence-corrected chi connectivity index (χ4v) is 2.42. The number of primary amides is 1. The highest BCUT2D eigenvalue weighted by atomic mass is 16.5. The molecule has 1 saturated heterocycles. The second-order valence-electron chi connectivity index (χ2n) is 5.42. The van der Waals surface area contributed by atoms with Gasteiger partial charge >= 0.3 is 11.9 Å². The van der Waals surface area contributed by atoms with Gasteiger partial charge in [-0.05, 0) is 20.3 Å². The Bertz CT molecular complexity index is 549. The predicted molar refractivity (Wildman–Crippen MR) is 83.7 cm³/mol. The summed E-state index contributed by atoms with van der Waals surface area (Å²) in [5.41, 5.74) is 5.29. The van der Waals surface area contributed by atoms with Crippen LogP contribution in [-0.2, 0) is 33.4 Å². The number of esters is 2. The molecular formula is C15H23N3O7. The first-order valence-electron chi connectivity index (χ1n) is 8.01. The second kappa shape index (κ2) is 9.60. The van der Waals surface area contributed by atoms with Crippen molar-refractivity contribution in [2.24, 2.45) is 11.7 Å². The molecule has 25 heavy (non-hydrogen) atoms. The molecule has 3 atom stereocenters. The summed E-state index contributed by atoms with van der Waals surface area (Å²) in [7, 11) is 0. The molecule has 1 aliphatic heterocycles. The lowest BCUT2D eigenvalue weighted by Gasteiger charge is -2.24. The largest absolute Gasteiger partial charge is 0.466 e. The molecule has 0 bridgehead atoms. The normalized spacial score (nSPS) is 18.6. The van der Waals surface area contributed by atoms with Crippen LogP contribution >= 0.6 is 0 Å². The van der Waals surface area contributed by atoms with E-state index in [-0.39, 0.29) is 32.0 Å². The van der Waals surface area contributed by atoms with E-state index in [4.69, 9.17) is 15.2 Å². The van der Waals surface area contributed by atoms with Gasteiger partial charge in [-0.15, -0.1) is 0 Å². The minimum absolute atomic E-state index is 0.0241. The molecular weight excluding hydrogens is 334 g/mol. The smallest absolute Gasteiger partial charge is 0.312 e. The third-order valence-corrected chi connectivity index (χ3v) is 3.60. The van der Waals surface area contributed by atoms with Crippen LogP contribution in [0.4, 0.5) is 0 Å². The van der Waals surface area contributed by atoms with Crippen molar-refractivity contribution < 1.29 is 33.4 Å². The molecule has 3 amide bonds. The van der Waals surface area contributed by atoms with Gasteiger partial charge < -0.3 is 25.8 Å². The van der Waals surface area contributed by atoms with E-state index in [9.17, 15) is 24.0 Å². The van der Waals surface area contributed by atoms with Gasteiger partial charge in [-0.3, -0.25) is 24.0 Å². The molecule has 10 heteroatoms. The summed E-state index contributed by atoms with van der Waals surface area (Å²) in [6, 6.07) is -2.28. The molecule has 0 aromatic heterocycles. The first kappa shape index (κ1) is 20.4. The summed E-state index contributed by atoms with van der Waals surface area (Å²) in [6.07, 6.45) is -0.0286. The van der Waals surface area contributed by atoms with Gasteiger partial charge in [-0.1, -0.05) is 0 Å². The lowest BCUT2D eigenvalue weighted by atomic mass is 9.95. The number of hydrogen-bond donors (Lipinski definition) is 3. The van der Waals surface area contributed by atoms with Crippen LogP contribution in [0, 0.1) is 5.92 Å². The van der Waals surface area contributed by atoms with Crippen LogP contribution < -0.4 is 16.4 Å². The fraction of sp³-hybridized carbons (Fsp3) is 0.667. The Morgan fingerprint density at radius 1 is 1.24 bits per heavy atom. The van der Waals surface area contributed by atoms with E-state index in [1.165, 1.54) is 0 Å². The highest BCUT2D eigenvalue weighted by Crippen LogP contribution is 2.15. The van der Waals surface area contributed by atoms with E-state index in [2.05, 4.69) is 10.6 Å². The molecule has 1 heterocycles. The summed E-state index contributed by atoms with van der Waals surface area (Å²) in [5.74, 6) is -4.85. The monoisotopic (exact) mass is 357 g/mol. The third kappa shape index (κ3) is 6.05. The number of nitrogens with two attached hydrogens (primary N) is 1. The third-order valence-electron chi connectivity index (χ3n) is 3.60. The maximum absolute atomic E-state index is 12.2. The molecule has 10 nitrogen and oxygen atoms in total. The van der Waals surface area contributed by atoms with Crippen molar-refractivity contribution in [3.63, 3.8) is 0 Å². The van der Waals surface area contributed by atoms with Crippen molar-refractivity contribution in [1.29, 1.82) is 0 Å². The fourth-order valence-electron chi connectivity index (χ4n) is 2.42. The van der Waals surface area contributed by atoms with Crippen LogP contribution in [0.3, 0.4) is 0 Å². The molecule has 0 radical (unpaired) electrons. The van der Waals surface area contributed by atoms with E-state index in [1.807, 2.05) is 0 Å². The molecule has 0 spiro atoms. The molecule has 4 N–H and O–H groups in total. The molecule has 1 rings (SSSR count). The Balaban J connectivity index is 2.91. The molecule has 0 aliphatic carbocycles. The lowest BCUT2D eigenvalue weighted by molar-refractivity contribution is -0.157. The first-order chi connectivity index (χ1) is 11.8. The lowest BCUT2D eigenvalue weighted by Crippen LogP contribution is -2.55. The highest BCUT2D eigenvalue weighted by Gasteiger charge is 2.39. The highest BCUT2D eigenvalue weighted by molar-refractivity contribution is 5.96. The maximum Gasteiger partial charge on any atom is 0.312 e. The van der Waals surface area contributed by atoms with Gasteiger partial charge in [-0.25, -0.2) is 0 Å². The summed E-state index contributed by atoms with van der Waals surface area (Å²) in [5, 5.41) is 4.77. The molecule has 0 aromatic carbocycles. The van der Waals surface area contributed by atoms with E-state index in [0.717, 1.165) is 0 Å². The number of amides is 3. The first-order valence-corrected chi connectivity index (χ1v) is 8.01. The van der Waals surface area contributed by atoms with Crippen molar-refractivity contribution in [2.75, 3.05) is 13.2 Å². The van der Waals surface area contributed by atoms with Crippen LogP contribution in [-0.4, -0.2) is 55.0 Å². The van der Waals surface area contributed by atoms with Crippen LogP contribution in [0.1, 0.15) is 33.1 Å². The van der Waals surface area contributed by atoms with E-state index < -0.39 is 48.2 Å². The number of hydrogen-bond acceptors (Lipinski definition) is 7. The Labute approximate surface area is 144 Å². The summed E-state index contributed by atoms with van der Waals surface area (Å²) in [4.78, 5) is 59.0. The average molecular weight is 357 g/mol. The molecule has 1 aliphatic rings. The van der Waals surface area contributed by atoms with Crippen molar-refractivity contribution in [3.8, 4) is 0 Å². The molecule has 1 fully saturated rings. The van der Waals surface area contributed by atoms with Crippen molar-refractivity contribution in [2.45, 2.75) is 45.2 Å². The predicted octanol–water partition coefficient (Wildman–Crippen LogP) is -1.63. The van der Waals surface area contributed by atoms with E-state index >= 15 is 0 Å². The summed E-state index contributed by atoms with van der Waals surface area (Å²) >= 11 is 0. The zero-order chi connectivity index (χ0) is 19.0. The zero-order valence-corrected chi connectivity index (χ0v) is 14.2. The number of carbonyl (C=O) groups is 5. The SMILES string of the molecule is CCOC(=O)C[C@@H](C(=O)OCC)[C@@H](NC(=O)[C@@H]1CCC(=O)N1)C(N)=O. The average Bonchev–Trinajstić information content (AvgIpc) is 2.97. The van der Waals surface area contributed by atoms with Gasteiger partial charge in [0.05, 0.1) is 25.6 Å². The van der Waals surface area contributed by atoms with Gasteiger partial charge in [0, 0.05) is 6.42 Å². The Hall–Kier alpha value is -2.65. The van der Waals surface area contributed by atoms with Crippen molar-refractivity contribution >= 4 is 29.7 Å². The van der Waals surface area contributed by atoms with Gasteiger partial charge in [0.25, 0.3) is 0 Å². The van der Waals surface area contributed by atoms with Crippen LogP contribution in [0.2, 0.25) is 0 Å². The number of rotatable bonds is 9. The van der Waals surface area contributed by atoms with Gasteiger partial charge in [0.15, 0.2) is 0 Å². The van der Waals surface area contributed by atoms with Gasteiger partial charge in [-0.2, -0.15) is 0 Å². The van der Waals surface area contributed by atoms with E-state index in [1.54, 1.807) is 13.8 Å². The second-order valence-corrected chi connectivity index (χ2v) is 5.42. The summed E-state index contributed by atoms with van der Waals surface area (Å²) in [6.45, 7) is 3.27. The maximum atomic E-state index is 12.2. The summed E-state index contributed by atoms with van der Waals surface area (Å²) < 4.78 is 9.64. The topological polar surface area (TPSA) is 154 Å².